The van der Waals surface area contributed by atoms with Crippen molar-refractivity contribution < 1.29 is 9.90 Å². The molecule has 106 valence electrons. The van der Waals surface area contributed by atoms with Gasteiger partial charge in [-0.2, -0.15) is 0 Å². The van der Waals surface area contributed by atoms with Crippen molar-refractivity contribution >= 4 is 34.2 Å². The lowest BCUT2D eigenvalue weighted by Gasteiger charge is -2.20. The highest BCUT2D eigenvalue weighted by atomic mass is 32.2. The van der Waals surface area contributed by atoms with Gasteiger partial charge in [-0.3, -0.25) is 4.79 Å². The second-order valence-electron chi connectivity index (χ2n) is 4.91. The minimum atomic E-state index is -0.829. The van der Waals surface area contributed by atoms with Gasteiger partial charge in [0.15, 0.2) is 4.34 Å². The van der Waals surface area contributed by atoms with Crippen molar-refractivity contribution in [3.05, 3.63) is 0 Å². The highest BCUT2D eigenvalue weighted by Crippen LogP contribution is 2.36. The van der Waals surface area contributed by atoms with Gasteiger partial charge in [0.25, 0.3) is 0 Å². The predicted octanol–water partition coefficient (Wildman–Crippen LogP) is 2.95. The molecule has 3 unspecified atom stereocenters. The second kappa shape index (κ2) is 6.56. The molecule has 1 heterocycles. The molecular weight excluding hydrogens is 282 g/mol. The van der Waals surface area contributed by atoms with Crippen molar-refractivity contribution in [3.8, 4) is 0 Å². The Morgan fingerprint density at radius 3 is 2.95 bits per heavy atom. The van der Waals surface area contributed by atoms with Gasteiger partial charge in [0.05, 0.1) is 5.75 Å². The number of rotatable bonds is 6. The number of carboxylic acid groups (broad SMARTS) is 1. The Hall–Kier alpha value is -0.820. The maximum Gasteiger partial charge on any atom is 0.313 e. The van der Waals surface area contributed by atoms with Crippen LogP contribution in [0.1, 0.15) is 33.1 Å². The summed E-state index contributed by atoms with van der Waals surface area (Å²) in [5.41, 5.74) is 0. The van der Waals surface area contributed by atoms with Crippen LogP contribution < -0.4 is 5.32 Å². The highest BCUT2D eigenvalue weighted by Gasteiger charge is 2.31. The fraction of sp³-hybridized carbons (Fsp3) is 0.750. The van der Waals surface area contributed by atoms with Crippen molar-refractivity contribution in [2.24, 2.45) is 11.8 Å². The molecule has 2 rings (SSSR count). The lowest BCUT2D eigenvalue weighted by molar-refractivity contribution is -0.133. The average molecular weight is 301 g/mol. The third kappa shape index (κ3) is 3.82. The number of nitrogens with zero attached hydrogens (tertiary/aromatic N) is 2. The summed E-state index contributed by atoms with van der Waals surface area (Å²) in [4.78, 5) is 10.5. The molecule has 5 nitrogen and oxygen atoms in total. The van der Waals surface area contributed by atoms with Gasteiger partial charge in [-0.25, -0.2) is 0 Å². The molecule has 7 heteroatoms. The summed E-state index contributed by atoms with van der Waals surface area (Å²) in [6.45, 7) is 4.54. The highest BCUT2D eigenvalue weighted by molar-refractivity contribution is 8.01. The summed E-state index contributed by atoms with van der Waals surface area (Å²) in [5.74, 6) is 0.659. The molecule has 1 aromatic rings. The van der Waals surface area contributed by atoms with Crippen LogP contribution in [0.15, 0.2) is 4.34 Å². The lowest BCUT2D eigenvalue weighted by Crippen LogP contribution is -2.24. The molecule has 3 atom stereocenters. The molecule has 0 amide bonds. The Bertz CT molecular complexity index is 438. The van der Waals surface area contributed by atoms with Gasteiger partial charge < -0.3 is 10.4 Å². The second-order valence-corrected chi connectivity index (χ2v) is 7.11. The largest absolute Gasteiger partial charge is 0.481 e. The predicted molar refractivity (Wildman–Crippen MR) is 77.9 cm³/mol. The number of carboxylic acids is 1. The zero-order valence-corrected chi connectivity index (χ0v) is 12.8. The zero-order chi connectivity index (χ0) is 13.8. The van der Waals surface area contributed by atoms with Gasteiger partial charge >= 0.3 is 5.97 Å². The lowest BCUT2D eigenvalue weighted by atomic mass is 9.94. The maximum atomic E-state index is 10.5. The van der Waals surface area contributed by atoms with Crippen LogP contribution in [-0.4, -0.2) is 33.1 Å². The Kier molecular flexibility index (Phi) is 5.04. The van der Waals surface area contributed by atoms with E-state index in [1.165, 1.54) is 42.4 Å². The molecular formula is C12H19N3O2S2. The van der Waals surface area contributed by atoms with Crippen LogP contribution in [0.25, 0.3) is 0 Å². The molecule has 0 radical (unpaired) electrons. The van der Waals surface area contributed by atoms with Crippen molar-refractivity contribution in [2.75, 3.05) is 11.1 Å². The number of aromatic nitrogens is 2. The molecule has 0 aromatic carbocycles. The summed E-state index contributed by atoms with van der Waals surface area (Å²) in [6.07, 6.45) is 3.68. The maximum absolute atomic E-state index is 10.5. The number of hydrogen-bond acceptors (Lipinski definition) is 6. The normalized spacial score (nSPS) is 26.5. The van der Waals surface area contributed by atoms with Crippen LogP contribution in [0.3, 0.4) is 0 Å². The van der Waals surface area contributed by atoms with Gasteiger partial charge in [-0.1, -0.05) is 43.4 Å². The third-order valence-corrected chi connectivity index (χ3v) is 5.76. The van der Waals surface area contributed by atoms with Gasteiger partial charge in [0, 0.05) is 6.04 Å². The van der Waals surface area contributed by atoms with E-state index in [9.17, 15) is 4.79 Å². The summed E-state index contributed by atoms with van der Waals surface area (Å²) < 4.78 is 0.711. The van der Waals surface area contributed by atoms with Crippen molar-refractivity contribution in [1.82, 2.24) is 10.2 Å². The zero-order valence-electron chi connectivity index (χ0n) is 11.1. The molecule has 19 heavy (non-hydrogen) atoms. The Balaban J connectivity index is 1.88. The summed E-state index contributed by atoms with van der Waals surface area (Å²) in [5, 5.41) is 21.0. The number of carbonyl (C=O) groups is 1. The van der Waals surface area contributed by atoms with Crippen LogP contribution in [-0.2, 0) is 4.79 Å². The van der Waals surface area contributed by atoms with E-state index >= 15 is 0 Å². The van der Waals surface area contributed by atoms with Crippen LogP contribution in [0.5, 0.6) is 0 Å². The van der Waals surface area contributed by atoms with E-state index in [1.807, 2.05) is 0 Å². The Morgan fingerprint density at radius 1 is 1.53 bits per heavy atom. The molecule has 1 aliphatic rings. The Morgan fingerprint density at radius 2 is 2.32 bits per heavy atom. The van der Waals surface area contributed by atoms with E-state index in [-0.39, 0.29) is 5.75 Å². The smallest absolute Gasteiger partial charge is 0.313 e. The SMILES string of the molecule is CCC1CCC(Nc2nnc(SCC(=O)O)s2)C1C. The van der Waals surface area contributed by atoms with Crippen molar-refractivity contribution in [1.29, 1.82) is 0 Å². The van der Waals surface area contributed by atoms with Crippen LogP contribution in [0.2, 0.25) is 0 Å². The molecule has 0 aliphatic heterocycles. The first kappa shape index (κ1) is 14.6. The number of anilines is 1. The molecule has 1 aliphatic carbocycles. The van der Waals surface area contributed by atoms with E-state index in [4.69, 9.17) is 5.11 Å². The van der Waals surface area contributed by atoms with Crippen molar-refractivity contribution in [3.63, 3.8) is 0 Å². The van der Waals surface area contributed by atoms with E-state index in [0.717, 1.165) is 11.0 Å². The summed E-state index contributed by atoms with van der Waals surface area (Å²) in [6, 6.07) is 0.468. The topological polar surface area (TPSA) is 75.1 Å². The van der Waals surface area contributed by atoms with Gasteiger partial charge in [0.2, 0.25) is 5.13 Å². The molecule has 1 fully saturated rings. The minimum Gasteiger partial charge on any atom is -0.481 e. The molecule has 2 N–H and O–H groups in total. The monoisotopic (exact) mass is 301 g/mol. The van der Waals surface area contributed by atoms with Gasteiger partial charge in [0.1, 0.15) is 0 Å². The fourth-order valence-corrected chi connectivity index (χ4v) is 4.17. The van der Waals surface area contributed by atoms with E-state index in [1.54, 1.807) is 0 Å². The quantitative estimate of drug-likeness (QED) is 0.787. The number of aliphatic carboxylic acids is 1. The Labute approximate surface area is 121 Å². The fourth-order valence-electron chi connectivity index (χ4n) is 2.64. The molecule has 0 spiro atoms. The number of thioether (sulfide) groups is 1. The van der Waals surface area contributed by atoms with Crippen LogP contribution in [0.4, 0.5) is 5.13 Å². The van der Waals surface area contributed by atoms with Crippen molar-refractivity contribution in [2.45, 2.75) is 43.5 Å². The summed E-state index contributed by atoms with van der Waals surface area (Å²) >= 11 is 2.66. The van der Waals surface area contributed by atoms with Crippen LogP contribution >= 0.6 is 23.1 Å². The van der Waals surface area contributed by atoms with E-state index in [0.29, 0.717) is 16.3 Å². The minimum absolute atomic E-state index is 0.0341. The molecule has 0 saturated heterocycles. The van der Waals surface area contributed by atoms with Crippen LogP contribution in [0, 0.1) is 11.8 Å². The first-order valence-corrected chi connectivity index (χ1v) is 8.35. The summed E-state index contributed by atoms with van der Waals surface area (Å²) in [7, 11) is 0. The number of nitrogens with one attached hydrogen (secondary N) is 1. The van der Waals surface area contributed by atoms with E-state index < -0.39 is 5.97 Å². The van der Waals surface area contributed by atoms with Gasteiger partial charge in [-0.15, -0.1) is 10.2 Å². The standard InChI is InChI=1S/C12H19N3O2S2/c1-3-8-4-5-9(7(8)2)13-11-14-15-12(19-11)18-6-10(16)17/h7-9H,3-6H2,1-2H3,(H,13,14)(H,16,17). The van der Waals surface area contributed by atoms with Gasteiger partial charge in [-0.05, 0) is 24.7 Å². The molecule has 1 saturated carbocycles. The molecule has 1 aromatic heterocycles. The number of hydrogen-bond donors (Lipinski definition) is 2. The average Bonchev–Trinajstić information content (AvgIpc) is 2.96. The first-order valence-electron chi connectivity index (χ1n) is 6.54. The molecule has 0 bridgehead atoms. The first-order chi connectivity index (χ1) is 9.10. The third-order valence-electron chi connectivity index (χ3n) is 3.79. The van der Waals surface area contributed by atoms with E-state index in [2.05, 4.69) is 29.4 Å².